The Morgan fingerprint density at radius 3 is 2.94 bits per heavy atom. The number of aromatic nitrogens is 1. The molecule has 0 aliphatic heterocycles. The summed E-state index contributed by atoms with van der Waals surface area (Å²) in [6.45, 7) is 5.41. The minimum Gasteiger partial charge on any atom is -0.311 e. The predicted octanol–water partition coefficient (Wildman–Crippen LogP) is 3.64. The number of hydrogen-bond acceptors (Lipinski definition) is 2. The van der Waals surface area contributed by atoms with Crippen molar-refractivity contribution in [2.45, 2.75) is 26.3 Å². The number of benzene rings is 1. The van der Waals surface area contributed by atoms with E-state index in [9.17, 15) is 0 Å². The van der Waals surface area contributed by atoms with Crippen LogP contribution in [0.25, 0.3) is 17.0 Å². The zero-order valence-corrected chi connectivity index (χ0v) is 11.1. The molecule has 0 radical (unpaired) electrons. The molecule has 2 aromatic rings. The number of nitrogens with one attached hydrogen (secondary N) is 1. The fraction of sp³-hybridized carbons (Fsp3) is 0.312. The topological polar surface area (TPSA) is 24.9 Å². The molecule has 1 aromatic carbocycles. The van der Waals surface area contributed by atoms with Crippen LogP contribution in [0.5, 0.6) is 0 Å². The molecule has 2 rings (SSSR count). The highest BCUT2D eigenvalue weighted by Gasteiger charge is 1.98. The lowest BCUT2D eigenvalue weighted by molar-refractivity contribution is 0.625. The van der Waals surface area contributed by atoms with Gasteiger partial charge in [-0.1, -0.05) is 37.3 Å². The first-order valence-corrected chi connectivity index (χ1v) is 6.56. The molecule has 18 heavy (non-hydrogen) atoms. The van der Waals surface area contributed by atoms with Crippen LogP contribution in [0.4, 0.5) is 0 Å². The van der Waals surface area contributed by atoms with Crippen molar-refractivity contribution < 1.29 is 0 Å². The summed E-state index contributed by atoms with van der Waals surface area (Å²) in [6, 6.07) is 10.7. The van der Waals surface area contributed by atoms with Gasteiger partial charge in [-0.3, -0.25) is 4.98 Å². The molecule has 1 unspecified atom stereocenters. The van der Waals surface area contributed by atoms with Crippen molar-refractivity contribution in [1.29, 1.82) is 0 Å². The van der Waals surface area contributed by atoms with E-state index in [0.717, 1.165) is 18.5 Å². The van der Waals surface area contributed by atoms with E-state index >= 15 is 0 Å². The summed E-state index contributed by atoms with van der Waals surface area (Å²) in [5, 5.41) is 4.66. The Morgan fingerprint density at radius 2 is 2.11 bits per heavy atom. The van der Waals surface area contributed by atoms with Crippen LogP contribution < -0.4 is 5.32 Å². The molecule has 0 saturated heterocycles. The average molecular weight is 240 g/mol. The third kappa shape index (κ3) is 3.17. The second-order valence-corrected chi connectivity index (χ2v) is 4.52. The SMILES string of the molecule is CCCNC(C)/C=C/c1ccnc2ccccc12. The lowest BCUT2D eigenvalue weighted by Gasteiger charge is -2.08. The third-order valence-electron chi connectivity index (χ3n) is 2.96. The molecule has 1 N–H and O–H groups in total. The first-order valence-electron chi connectivity index (χ1n) is 6.56. The lowest BCUT2D eigenvalue weighted by atomic mass is 10.1. The molecule has 0 bridgehead atoms. The molecule has 1 atom stereocenters. The van der Waals surface area contributed by atoms with Gasteiger partial charge in [-0.2, -0.15) is 0 Å². The second-order valence-electron chi connectivity index (χ2n) is 4.52. The monoisotopic (exact) mass is 240 g/mol. The van der Waals surface area contributed by atoms with E-state index < -0.39 is 0 Å². The van der Waals surface area contributed by atoms with Gasteiger partial charge in [0.05, 0.1) is 5.52 Å². The summed E-state index contributed by atoms with van der Waals surface area (Å²) >= 11 is 0. The van der Waals surface area contributed by atoms with Crippen LogP contribution in [-0.2, 0) is 0 Å². The molecule has 0 aliphatic rings. The van der Waals surface area contributed by atoms with Crippen LogP contribution in [0.1, 0.15) is 25.8 Å². The summed E-state index contributed by atoms with van der Waals surface area (Å²) in [4.78, 5) is 4.37. The van der Waals surface area contributed by atoms with E-state index in [4.69, 9.17) is 0 Å². The first kappa shape index (κ1) is 12.8. The smallest absolute Gasteiger partial charge is 0.0707 e. The molecule has 1 aromatic heterocycles. The van der Waals surface area contributed by atoms with Gasteiger partial charge in [0.1, 0.15) is 0 Å². The molecule has 0 amide bonds. The summed E-state index contributed by atoms with van der Waals surface area (Å²) in [5.41, 5.74) is 2.28. The van der Waals surface area contributed by atoms with Crippen LogP contribution in [0, 0.1) is 0 Å². The Kier molecular flexibility index (Phi) is 4.48. The van der Waals surface area contributed by atoms with Gasteiger partial charge in [0.15, 0.2) is 0 Å². The molecule has 94 valence electrons. The minimum absolute atomic E-state index is 0.400. The van der Waals surface area contributed by atoms with Gasteiger partial charge in [0.2, 0.25) is 0 Å². The third-order valence-corrected chi connectivity index (χ3v) is 2.96. The highest BCUT2D eigenvalue weighted by molar-refractivity contribution is 5.87. The maximum atomic E-state index is 4.37. The van der Waals surface area contributed by atoms with E-state index in [-0.39, 0.29) is 0 Å². The summed E-state index contributed by atoms with van der Waals surface area (Å²) < 4.78 is 0. The Hall–Kier alpha value is -1.67. The molecule has 2 heteroatoms. The standard InChI is InChI=1S/C16H20N2/c1-3-11-17-13(2)8-9-14-10-12-18-16-7-5-4-6-15(14)16/h4-10,12-13,17H,3,11H2,1-2H3/b9-8+. The van der Waals surface area contributed by atoms with Crippen LogP contribution in [0.2, 0.25) is 0 Å². The van der Waals surface area contributed by atoms with Gasteiger partial charge in [0.25, 0.3) is 0 Å². The van der Waals surface area contributed by atoms with Gasteiger partial charge in [-0.05, 0) is 37.6 Å². The Labute approximate surface area is 109 Å². The van der Waals surface area contributed by atoms with Crippen LogP contribution >= 0.6 is 0 Å². The number of hydrogen-bond donors (Lipinski definition) is 1. The largest absolute Gasteiger partial charge is 0.311 e. The second kappa shape index (κ2) is 6.31. The molecule has 1 heterocycles. The lowest BCUT2D eigenvalue weighted by Crippen LogP contribution is -2.24. The highest BCUT2D eigenvalue weighted by Crippen LogP contribution is 2.17. The van der Waals surface area contributed by atoms with E-state index in [1.807, 2.05) is 18.3 Å². The fourth-order valence-corrected chi connectivity index (χ4v) is 1.95. The first-order chi connectivity index (χ1) is 8.81. The predicted molar refractivity (Wildman–Crippen MR) is 78.5 cm³/mol. The zero-order chi connectivity index (χ0) is 12.8. The Morgan fingerprint density at radius 1 is 1.28 bits per heavy atom. The Bertz CT molecular complexity index is 526. The van der Waals surface area contributed by atoms with Crippen LogP contribution in [0.15, 0.2) is 42.6 Å². The van der Waals surface area contributed by atoms with Gasteiger partial charge < -0.3 is 5.32 Å². The molecule has 0 spiro atoms. The summed E-state index contributed by atoms with van der Waals surface area (Å²) in [5.74, 6) is 0. The van der Waals surface area contributed by atoms with Crippen molar-refractivity contribution in [2.75, 3.05) is 6.54 Å². The molecule has 2 nitrogen and oxygen atoms in total. The number of nitrogens with zero attached hydrogens (tertiary/aromatic N) is 1. The van der Waals surface area contributed by atoms with Gasteiger partial charge in [-0.25, -0.2) is 0 Å². The van der Waals surface area contributed by atoms with Gasteiger partial charge in [0, 0.05) is 17.6 Å². The van der Waals surface area contributed by atoms with E-state index in [1.54, 1.807) is 0 Å². The van der Waals surface area contributed by atoms with Crippen LogP contribution in [-0.4, -0.2) is 17.6 Å². The number of pyridine rings is 1. The maximum absolute atomic E-state index is 4.37. The summed E-state index contributed by atoms with van der Waals surface area (Å²) in [7, 11) is 0. The highest BCUT2D eigenvalue weighted by atomic mass is 14.9. The van der Waals surface area contributed by atoms with E-state index in [2.05, 4.69) is 54.5 Å². The minimum atomic E-state index is 0.400. The molecular weight excluding hydrogens is 220 g/mol. The van der Waals surface area contributed by atoms with Crippen molar-refractivity contribution in [3.05, 3.63) is 48.2 Å². The van der Waals surface area contributed by atoms with Gasteiger partial charge >= 0.3 is 0 Å². The maximum Gasteiger partial charge on any atom is 0.0707 e. The quantitative estimate of drug-likeness (QED) is 0.863. The van der Waals surface area contributed by atoms with Gasteiger partial charge in [-0.15, -0.1) is 0 Å². The summed E-state index contributed by atoms with van der Waals surface area (Å²) in [6.07, 6.45) is 7.41. The Balaban J connectivity index is 2.18. The van der Waals surface area contributed by atoms with E-state index in [0.29, 0.717) is 6.04 Å². The fourth-order valence-electron chi connectivity index (χ4n) is 1.95. The number of fused-ring (bicyclic) bond motifs is 1. The van der Waals surface area contributed by atoms with Crippen molar-refractivity contribution in [3.8, 4) is 0 Å². The van der Waals surface area contributed by atoms with Crippen LogP contribution in [0.3, 0.4) is 0 Å². The molecule has 0 aliphatic carbocycles. The van der Waals surface area contributed by atoms with Crippen molar-refractivity contribution in [2.24, 2.45) is 0 Å². The van der Waals surface area contributed by atoms with E-state index in [1.165, 1.54) is 10.9 Å². The van der Waals surface area contributed by atoms with Crippen molar-refractivity contribution in [3.63, 3.8) is 0 Å². The zero-order valence-electron chi connectivity index (χ0n) is 11.1. The van der Waals surface area contributed by atoms with Crippen molar-refractivity contribution >= 4 is 17.0 Å². The molecular formula is C16H20N2. The average Bonchev–Trinajstić information content (AvgIpc) is 2.42. The molecule has 0 saturated carbocycles. The molecule has 0 fully saturated rings. The normalized spacial score (nSPS) is 13.2. The van der Waals surface area contributed by atoms with Crippen molar-refractivity contribution in [1.82, 2.24) is 10.3 Å². The number of para-hydroxylation sites is 1. The number of rotatable bonds is 5.